The van der Waals surface area contributed by atoms with Gasteiger partial charge in [-0.1, -0.05) is 12.2 Å². The van der Waals surface area contributed by atoms with E-state index in [2.05, 4.69) is 10.6 Å². The Kier molecular flexibility index (Phi) is 5.73. The van der Waals surface area contributed by atoms with Gasteiger partial charge in [0, 0.05) is 17.8 Å². The molecule has 2 rings (SSSR count). The predicted octanol–water partition coefficient (Wildman–Crippen LogP) is 2.35. The molecule has 0 heterocycles. The Bertz CT molecular complexity index is 682. The lowest BCUT2D eigenvalue weighted by molar-refractivity contribution is -0.146. The van der Waals surface area contributed by atoms with Gasteiger partial charge in [-0.2, -0.15) is 0 Å². The fourth-order valence-corrected chi connectivity index (χ4v) is 2.81. The Morgan fingerprint density at radius 2 is 1.83 bits per heavy atom. The number of carboxylic acids is 1. The van der Waals surface area contributed by atoms with E-state index in [0.29, 0.717) is 30.6 Å². The minimum Gasteiger partial charge on any atom is -0.481 e. The summed E-state index contributed by atoms with van der Waals surface area (Å²) >= 11 is 0. The number of hydrogen-bond acceptors (Lipinski definition) is 3. The molecule has 3 N–H and O–H groups in total. The third-order valence-electron chi connectivity index (χ3n) is 4.17. The van der Waals surface area contributed by atoms with Crippen molar-refractivity contribution in [2.75, 3.05) is 11.9 Å². The summed E-state index contributed by atoms with van der Waals surface area (Å²) in [7, 11) is 0. The van der Waals surface area contributed by atoms with Gasteiger partial charge in [0.25, 0.3) is 5.91 Å². The summed E-state index contributed by atoms with van der Waals surface area (Å²) in [5.41, 5.74) is 1.87. The van der Waals surface area contributed by atoms with E-state index in [-0.39, 0.29) is 11.8 Å². The average molecular weight is 330 g/mol. The molecule has 2 amide bonds. The van der Waals surface area contributed by atoms with E-state index < -0.39 is 17.8 Å². The summed E-state index contributed by atoms with van der Waals surface area (Å²) < 4.78 is 0. The van der Waals surface area contributed by atoms with Gasteiger partial charge in [0.05, 0.1) is 11.8 Å². The molecule has 0 aliphatic heterocycles. The van der Waals surface area contributed by atoms with Gasteiger partial charge in [-0.3, -0.25) is 14.4 Å². The van der Waals surface area contributed by atoms with Gasteiger partial charge in [-0.05, 0) is 50.5 Å². The first-order chi connectivity index (χ1) is 11.4. The SMILES string of the molecule is CCNC(=O)c1ccc(NC(=O)C2CC=CCC2C(=O)O)c(C)c1. The van der Waals surface area contributed by atoms with Gasteiger partial charge in [0.2, 0.25) is 5.91 Å². The number of aryl methyl sites for hydroxylation is 1. The second-order valence-corrected chi connectivity index (χ2v) is 5.87. The van der Waals surface area contributed by atoms with Crippen molar-refractivity contribution in [2.24, 2.45) is 11.8 Å². The van der Waals surface area contributed by atoms with Crippen LogP contribution in [0, 0.1) is 18.8 Å². The van der Waals surface area contributed by atoms with Gasteiger partial charge >= 0.3 is 5.97 Å². The maximum absolute atomic E-state index is 12.5. The van der Waals surface area contributed by atoms with Gasteiger partial charge < -0.3 is 15.7 Å². The number of rotatable bonds is 5. The van der Waals surface area contributed by atoms with Crippen molar-refractivity contribution in [2.45, 2.75) is 26.7 Å². The number of amides is 2. The van der Waals surface area contributed by atoms with Crippen LogP contribution in [-0.2, 0) is 9.59 Å². The number of aliphatic carboxylic acids is 1. The lowest BCUT2D eigenvalue weighted by atomic mass is 9.82. The van der Waals surface area contributed by atoms with Crippen LogP contribution in [-0.4, -0.2) is 29.4 Å². The second-order valence-electron chi connectivity index (χ2n) is 5.87. The minimum absolute atomic E-state index is 0.165. The van der Waals surface area contributed by atoms with Crippen LogP contribution in [0.25, 0.3) is 0 Å². The molecule has 0 aromatic heterocycles. The van der Waals surface area contributed by atoms with Crippen molar-refractivity contribution in [3.63, 3.8) is 0 Å². The number of nitrogens with one attached hydrogen (secondary N) is 2. The zero-order valence-corrected chi connectivity index (χ0v) is 13.8. The van der Waals surface area contributed by atoms with Crippen LogP contribution in [0.1, 0.15) is 35.7 Å². The molecule has 24 heavy (non-hydrogen) atoms. The normalized spacial score (nSPS) is 19.6. The van der Waals surface area contributed by atoms with Crippen molar-refractivity contribution < 1.29 is 19.5 Å². The van der Waals surface area contributed by atoms with Crippen molar-refractivity contribution in [1.82, 2.24) is 5.32 Å². The Hall–Kier alpha value is -2.63. The highest BCUT2D eigenvalue weighted by molar-refractivity contribution is 5.98. The van der Waals surface area contributed by atoms with Crippen molar-refractivity contribution >= 4 is 23.5 Å². The minimum atomic E-state index is -0.956. The molecule has 0 radical (unpaired) electrons. The van der Waals surface area contributed by atoms with Crippen LogP contribution in [0.2, 0.25) is 0 Å². The Morgan fingerprint density at radius 1 is 1.17 bits per heavy atom. The highest BCUT2D eigenvalue weighted by atomic mass is 16.4. The largest absolute Gasteiger partial charge is 0.481 e. The molecule has 0 fully saturated rings. The zero-order chi connectivity index (χ0) is 17.7. The van der Waals surface area contributed by atoms with Gasteiger partial charge in [-0.25, -0.2) is 0 Å². The van der Waals surface area contributed by atoms with Crippen LogP contribution < -0.4 is 10.6 Å². The highest BCUT2D eigenvalue weighted by Crippen LogP contribution is 2.28. The quantitative estimate of drug-likeness (QED) is 0.722. The molecular formula is C18H22N2O4. The fraction of sp³-hybridized carbons (Fsp3) is 0.389. The first kappa shape index (κ1) is 17.7. The Labute approximate surface area is 140 Å². The highest BCUT2D eigenvalue weighted by Gasteiger charge is 2.34. The molecule has 6 nitrogen and oxygen atoms in total. The molecular weight excluding hydrogens is 308 g/mol. The summed E-state index contributed by atoms with van der Waals surface area (Å²) in [6.45, 7) is 4.19. The molecule has 0 spiro atoms. The van der Waals surface area contributed by atoms with E-state index in [1.807, 2.05) is 13.0 Å². The lowest BCUT2D eigenvalue weighted by Crippen LogP contribution is -2.34. The number of allylic oxidation sites excluding steroid dienone is 2. The third kappa shape index (κ3) is 4.01. The summed E-state index contributed by atoms with van der Waals surface area (Å²) in [5, 5.41) is 14.8. The molecule has 0 bridgehead atoms. The number of carboxylic acid groups (broad SMARTS) is 1. The summed E-state index contributed by atoms with van der Waals surface area (Å²) in [5.74, 6) is -2.72. The molecule has 1 aromatic rings. The number of benzene rings is 1. The van der Waals surface area contributed by atoms with E-state index >= 15 is 0 Å². The maximum Gasteiger partial charge on any atom is 0.307 e. The van der Waals surface area contributed by atoms with Crippen LogP contribution in [0.15, 0.2) is 30.4 Å². The van der Waals surface area contributed by atoms with E-state index in [0.717, 1.165) is 5.56 Å². The van der Waals surface area contributed by atoms with Crippen LogP contribution in [0.3, 0.4) is 0 Å². The summed E-state index contributed by atoms with van der Waals surface area (Å²) in [6, 6.07) is 5.02. The Balaban J connectivity index is 2.12. The molecule has 2 unspecified atom stereocenters. The van der Waals surface area contributed by atoms with Crippen LogP contribution in [0.4, 0.5) is 5.69 Å². The van der Waals surface area contributed by atoms with Gasteiger partial charge in [0.1, 0.15) is 0 Å². The molecule has 1 aromatic carbocycles. The van der Waals surface area contributed by atoms with Crippen molar-refractivity contribution in [3.05, 3.63) is 41.5 Å². The molecule has 0 saturated heterocycles. The van der Waals surface area contributed by atoms with Crippen molar-refractivity contribution in [1.29, 1.82) is 0 Å². The number of carbonyl (C=O) groups is 3. The zero-order valence-electron chi connectivity index (χ0n) is 13.8. The summed E-state index contributed by atoms with van der Waals surface area (Å²) in [4.78, 5) is 35.6. The van der Waals surface area contributed by atoms with Crippen LogP contribution in [0.5, 0.6) is 0 Å². The summed E-state index contributed by atoms with van der Waals surface area (Å²) in [6.07, 6.45) is 4.42. The molecule has 1 aliphatic carbocycles. The second kappa shape index (κ2) is 7.77. The number of carbonyl (C=O) groups excluding carboxylic acids is 2. The topological polar surface area (TPSA) is 95.5 Å². The number of anilines is 1. The van der Waals surface area contributed by atoms with E-state index in [1.165, 1.54) is 0 Å². The predicted molar refractivity (Wildman–Crippen MR) is 90.8 cm³/mol. The molecule has 0 saturated carbocycles. The Morgan fingerprint density at radius 3 is 2.42 bits per heavy atom. The fourth-order valence-electron chi connectivity index (χ4n) is 2.81. The standard InChI is InChI=1S/C18H22N2O4/c1-3-19-16(21)12-8-9-15(11(2)10-12)20-17(22)13-6-4-5-7-14(13)18(23)24/h4-5,8-10,13-14H,3,6-7H2,1-2H3,(H,19,21)(H,20,22)(H,23,24). The maximum atomic E-state index is 12.5. The monoisotopic (exact) mass is 330 g/mol. The van der Waals surface area contributed by atoms with Gasteiger partial charge in [-0.15, -0.1) is 0 Å². The van der Waals surface area contributed by atoms with E-state index in [9.17, 15) is 19.5 Å². The average Bonchev–Trinajstić information content (AvgIpc) is 2.56. The smallest absolute Gasteiger partial charge is 0.307 e. The molecule has 6 heteroatoms. The van der Waals surface area contributed by atoms with E-state index in [4.69, 9.17) is 0 Å². The van der Waals surface area contributed by atoms with E-state index in [1.54, 1.807) is 31.2 Å². The molecule has 1 aliphatic rings. The third-order valence-corrected chi connectivity index (χ3v) is 4.17. The lowest BCUT2D eigenvalue weighted by Gasteiger charge is -2.24. The van der Waals surface area contributed by atoms with Crippen LogP contribution >= 0.6 is 0 Å². The first-order valence-corrected chi connectivity index (χ1v) is 8.01. The van der Waals surface area contributed by atoms with Crippen molar-refractivity contribution in [3.8, 4) is 0 Å². The first-order valence-electron chi connectivity index (χ1n) is 8.01. The molecule has 2 atom stereocenters. The number of hydrogen-bond donors (Lipinski definition) is 3. The van der Waals surface area contributed by atoms with Gasteiger partial charge in [0.15, 0.2) is 0 Å². The molecule has 128 valence electrons.